The molecule has 1 atom stereocenters. The molecule has 1 N–H and O–H groups in total. The van der Waals surface area contributed by atoms with Gasteiger partial charge in [-0.3, -0.25) is 4.68 Å². The quantitative estimate of drug-likeness (QED) is 0.790. The molecule has 1 unspecified atom stereocenters. The summed E-state index contributed by atoms with van der Waals surface area (Å²) in [5.41, 5.74) is 3.97. The van der Waals surface area contributed by atoms with Gasteiger partial charge in [0.05, 0.1) is 19.9 Å². The molecule has 0 aliphatic heterocycles. The van der Waals surface area contributed by atoms with E-state index in [1.54, 1.807) is 7.11 Å². The normalized spacial score (nSPS) is 16.5. The van der Waals surface area contributed by atoms with Gasteiger partial charge in [-0.15, -0.1) is 0 Å². The maximum absolute atomic E-state index is 5.82. The molecular weight excluding hydrogens is 314 g/mol. The fraction of sp³-hybridized carbons (Fsp3) is 0.550. The standard InChI is InChI=1S/C20H29N3O2/c1-4-11-25-20-12-15(9-10-19(20)24-3)13-21-17-7-6-8-18-16(17)14-22-23(18)5-2/h9-10,12,14,17,21H,4-8,11,13H2,1-3H3. The van der Waals surface area contributed by atoms with E-state index in [4.69, 9.17) is 9.47 Å². The number of hydrogen-bond donors (Lipinski definition) is 1. The minimum absolute atomic E-state index is 0.381. The van der Waals surface area contributed by atoms with Gasteiger partial charge in [0.2, 0.25) is 0 Å². The predicted octanol–water partition coefficient (Wildman–Crippen LogP) is 3.87. The van der Waals surface area contributed by atoms with Crippen LogP contribution in [0.1, 0.15) is 56.0 Å². The Morgan fingerprint density at radius 3 is 2.92 bits per heavy atom. The number of nitrogens with zero attached hydrogens (tertiary/aromatic N) is 2. The molecule has 1 aliphatic rings. The first-order valence-electron chi connectivity index (χ1n) is 9.34. The van der Waals surface area contributed by atoms with E-state index in [0.717, 1.165) is 43.9 Å². The summed E-state index contributed by atoms with van der Waals surface area (Å²) < 4.78 is 13.3. The fourth-order valence-electron chi connectivity index (χ4n) is 3.50. The van der Waals surface area contributed by atoms with Crippen molar-refractivity contribution in [2.45, 2.75) is 58.7 Å². The highest BCUT2D eigenvalue weighted by Gasteiger charge is 2.23. The highest BCUT2D eigenvalue weighted by molar-refractivity contribution is 5.43. The lowest BCUT2D eigenvalue weighted by molar-refractivity contribution is 0.294. The molecule has 0 bridgehead atoms. The van der Waals surface area contributed by atoms with Crippen LogP contribution in [0.5, 0.6) is 11.5 Å². The van der Waals surface area contributed by atoms with Crippen LogP contribution in [0, 0.1) is 0 Å². The second kappa shape index (κ2) is 8.39. The third-order valence-electron chi connectivity index (χ3n) is 4.80. The lowest BCUT2D eigenvalue weighted by atomic mass is 9.93. The van der Waals surface area contributed by atoms with Crippen molar-refractivity contribution in [1.29, 1.82) is 0 Å². The molecule has 5 nitrogen and oxygen atoms in total. The Balaban J connectivity index is 1.69. The van der Waals surface area contributed by atoms with Crippen LogP contribution < -0.4 is 14.8 Å². The van der Waals surface area contributed by atoms with Crippen molar-refractivity contribution < 1.29 is 9.47 Å². The average molecular weight is 343 g/mol. The average Bonchev–Trinajstić information content (AvgIpc) is 3.08. The van der Waals surface area contributed by atoms with E-state index in [0.29, 0.717) is 12.6 Å². The number of nitrogens with one attached hydrogen (secondary N) is 1. The molecule has 0 spiro atoms. The number of rotatable bonds is 8. The Labute approximate surface area is 150 Å². The van der Waals surface area contributed by atoms with Crippen molar-refractivity contribution >= 4 is 0 Å². The first-order valence-corrected chi connectivity index (χ1v) is 9.34. The molecule has 0 amide bonds. The molecule has 3 rings (SSSR count). The van der Waals surface area contributed by atoms with Gasteiger partial charge in [-0.25, -0.2) is 0 Å². The van der Waals surface area contributed by atoms with Crippen molar-refractivity contribution in [2.75, 3.05) is 13.7 Å². The topological polar surface area (TPSA) is 48.3 Å². The lowest BCUT2D eigenvalue weighted by Gasteiger charge is -2.24. The minimum atomic E-state index is 0.381. The number of aryl methyl sites for hydroxylation is 1. The molecular formula is C20H29N3O2. The summed E-state index contributed by atoms with van der Waals surface area (Å²) in [6, 6.07) is 6.56. The second-order valence-electron chi connectivity index (χ2n) is 6.52. The third kappa shape index (κ3) is 3.98. The molecule has 2 aromatic rings. The van der Waals surface area contributed by atoms with Crippen LogP contribution >= 0.6 is 0 Å². The van der Waals surface area contributed by atoms with Gasteiger partial charge in [-0.05, 0) is 50.3 Å². The number of benzene rings is 1. The largest absolute Gasteiger partial charge is 0.493 e. The van der Waals surface area contributed by atoms with Crippen LogP contribution in [-0.4, -0.2) is 23.5 Å². The van der Waals surface area contributed by atoms with Crippen molar-refractivity contribution in [3.8, 4) is 11.5 Å². The summed E-state index contributed by atoms with van der Waals surface area (Å²) >= 11 is 0. The molecule has 1 aliphatic carbocycles. The molecule has 1 aromatic heterocycles. The summed E-state index contributed by atoms with van der Waals surface area (Å²) in [6.07, 6.45) is 6.54. The summed E-state index contributed by atoms with van der Waals surface area (Å²) in [6.45, 7) is 6.72. The molecule has 0 radical (unpaired) electrons. The van der Waals surface area contributed by atoms with Crippen molar-refractivity contribution in [2.24, 2.45) is 0 Å². The van der Waals surface area contributed by atoms with Gasteiger partial charge in [-0.1, -0.05) is 13.0 Å². The van der Waals surface area contributed by atoms with Gasteiger partial charge in [0, 0.05) is 30.4 Å². The Bertz CT molecular complexity index is 696. The van der Waals surface area contributed by atoms with E-state index in [9.17, 15) is 0 Å². The molecule has 25 heavy (non-hydrogen) atoms. The van der Waals surface area contributed by atoms with Crippen LogP contribution in [0.4, 0.5) is 0 Å². The number of fused-ring (bicyclic) bond motifs is 1. The summed E-state index contributed by atoms with van der Waals surface area (Å²) in [5, 5.41) is 8.23. The van der Waals surface area contributed by atoms with Gasteiger partial charge in [0.1, 0.15) is 0 Å². The van der Waals surface area contributed by atoms with Crippen LogP contribution in [0.3, 0.4) is 0 Å². The zero-order valence-corrected chi connectivity index (χ0v) is 15.5. The SMILES string of the molecule is CCCOc1cc(CNC2CCCc3c2cnn3CC)ccc1OC. The Morgan fingerprint density at radius 1 is 1.28 bits per heavy atom. The van der Waals surface area contributed by atoms with E-state index < -0.39 is 0 Å². The zero-order valence-electron chi connectivity index (χ0n) is 15.5. The van der Waals surface area contributed by atoms with Crippen LogP contribution in [-0.2, 0) is 19.5 Å². The first-order chi connectivity index (χ1) is 12.3. The Kier molecular flexibility index (Phi) is 5.97. The van der Waals surface area contributed by atoms with E-state index >= 15 is 0 Å². The monoisotopic (exact) mass is 343 g/mol. The summed E-state index contributed by atoms with van der Waals surface area (Å²) in [4.78, 5) is 0. The highest BCUT2D eigenvalue weighted by Crippen LogP contribution is 2.31. The van der Waals surface area contributed by atoms with Gasteiger partial charge in [0.25, 0.3) is 0 Å². The minimum Gasteiger partial charge on any atom is -0.493 e. The zero-order chi connectivity index (χ0) is 17.6. The van der Waals surface area contributed by atoms with Crippen molar-refractivity contribution in [3.05, 3.63) is 41.2 Å². The van der Waals surface area contributed by atoms with Crippen molar-refractivity contribution in [1.82, 2.24) is 15.1 Å². The van der Waals surface area contributed by atoms with E-state index in [2.05, 4.69) is 41.1 Å². The number of methoxy groups -OCH3 is 1. The number of ether oxygens (including phenoxy) is 2. The maximum atomic E-state index is 5.82. The first kappa shape index (κ1) is 17.8. The molecule has 1 aromatic carbocycles. The Hall–Kier alpha value is -2.01. The maximum Gasteiger partial charge on any atom is 0.161 e. The third-order valence-corrected chi connectivity index (χ3v) is 4.80. The fourth-order valence-corrected chi connectivity index (χ4v) is 3.50. The highest BCUT2D eigenvalue weighted by atomic mass is 16.5. The van der Waals surface area contributed by atoms with Crippen LogP contribution in [0.15, 0.2) is 24.4 Å². The van der Waals surface area contributed by atoms with Gasteiger partial charge in [-0.2, -0.15) is 5.10 Å². The van der Waals surface area contributed by atoms with Gasteiger partial charge >= 0.3 is 0 Å². The van der Waals surface area contributed by atoms with Gasteiger partial charge < -0.3 is 14.8 Å². The predicted molar refractivity (Wildman–Crippen MR) is 99.2 cm³/mol. The number of aromatic nitrogens is 2. The summed E-state index contributed by atoms with van der Waals surface area (Å²) in [5.74, 6) is 1.62. The second-order valence-corrected chi connectivity index (χ2v) is 6.52. The van der Waals surface area contributed by atoms with Gasteiger partial charge in [0.15, 0.2) is 11.5 Å². The molecule has 1 heterocycles. The van der Waals surface area contributed by atoms with Crippen LogP contribution in [0.25, 0.3) is 0 Å². The summed E-state index contributed by atoms with van der Waals surface area (Å²) in [7, 11) is 1.68. The Morgan fingerprint density at radius 2 is 2.16 bits per heavy atom. The molecule has 0 fully saturated rings. The van der Waals surface area contributed by atoms with E-state index in [-0.39, 0.29) is 0 Å². The molecule has 0 saturated carbocycles. The lowest BCUT2D eigenvalue weighted by Crippen LogP contribution is -2.25. The molecule has 5 heteroatoms. The van der Waals surface area contributed by atoms with Crippen molar-refractivity contribution in [3.63, 3.8) is 0 Å². The molecule has 0 saturated heterocycles. The van der Waals surface area contributed by atoms with Crippen LogP contribution in [0.2, 0.25) is 0 Å². The van der Waals surface area contributed by atoms with E-state index in [1.165, 1.54) is 23.2 Å². The smallest absolute Gasteiger partial charge is 0.161 e. The number of hydrogen-bond acceptors (Lipinski definition) is 4. The van der Waals surface area contributed by atoms with E-state index in [1.807, 2.05) is 12.3 Å². The molecule has 136 valence electrons.